The average molecular weight is 265 g/mol. The first-order valence-corrected chi connectivity index (χ1v) is 5.83. The van der Waals surface area contributed by atoms with E-state index >= 15 is 0 Å². The third-order valence-corrected chi connectivity index (χ3v) is 2.79. The molecule has 18 heavy (non-hydrogen) atoms. The number of carbonyl (C=O) groups excluding carboxylic acids is 1. The number of amides is 1. The van der Waals surface area contributed by atoms with E-state index in [9.17, 15) is 4.79 Å². The Morgan fingerprint density at radius 1 is 1.22 bits per heavy atom. The van der Waals surface area contributed by atoms with Gasteiger partial charge in [-0.05, 0) is 36.4 Å². The van der Waals surface area contributed by atoms with Crippen molar-refractivity contribution < 1.29 is 9.21 Å². The number of benzene rings is 1. The molecule has 1 atom stereocenters. The minimum Gasteiger partial charge on any atom is -0.459 e. The smallest absolute Gasteiger partial charge is 0.219 e. The summed E-state index contributed by atoms with van der Waals surface area (Å²) in [4.78, 5) is 10.8. The molecule has 5 heteroatoms. The highest BCUT2D eigenvalue weighted by Gasteiger charge is 2.14. The molecule has 1 aromatic carbocycles. The number of hydrogen-bond acceptors (Lipinski definition) is 3. The molecule has 2 aromatic rings. The highest BCUT2D eigenvalue weighted by atomic mass is 35.5. The van der Waals surface area contributed by atoms with E-state index in [1.54, 1.807) is 24.3 Å². The van der Waals surface area contributed by atoms with E-state index in [4.69, 9.17) is 27.5 Å². The average Bonchev–Trinajstić information content (AvgIpc) is 2.78. The molecule has 0 saturated heterocycles. The molecule has 1 amide bonds. The number of hydrogen-bond donors (Lipinski definition) is 2. The number of nitrogens with two attached hydrogens (primary N) is 2. The van der Waals surface area contributed by atoms with E-state index in [0.29, 0.717) is 16.5 Å². The molecule has 0 aliphatic rings. The number of rotatable bonds is 4. The van der Waals surface area contributed by atoms with Gasteiger partial charge in [-0.15, -0.1) is 0 Å². The molecule has 4 N–H and O–H groups in total. The molecule has 0 spiro atoms. The summed E-state index contributed by atoms with van der Waals surface area (Å²) in [5, 5.41) is 0.663. The van der Waals surface area contributed by atoms with E-state index in [1.807, 2.05) is 12.1 Å². The van der Waals surface area contributed by atoms with Crippen LogP contribution in [-0.2, 0) is 4.79 Å². The lowest BCUT2D eigenvalue weighted by Gasteiger charge is -2.05. The van der Waals surface area contributed by atoms with Gasteiger partial charge in [-0.3, -0.25) is 4.79 Å². The fourth-order valence-electron chi connectivity index (χ4n) is 1.64. The largest absolute Gasteiger partial charge is 0.459 e. The maximum Gasteiger partial charge on any atom is 0.219 e. The van der Waals surface area contributed by atoms with Gasteiger partial charge in [0, 0.05) is 17.0 Å². The lowest BCUT2D eigenvalue weighted by molar-refractivity contribution is -0.118. The van der Waals surface area contributed by atoms with Crippen LogP contribution in [-0.4, -0.2) is 5.91 Å². The zero-order chi connectivity index (χ0) is 13.1. The quantitative estimate of drug-likeness (QED) is 0.890. The van der Waals surface area contributed by atoms with Crippen LogP contribution in [0.2, 0.25) is 5.02 Å². The summed E-state index contributed by atoms with van der Waals surface area (Å²) in [6, 6.07) is 10.3. The first-order chi connectivity index (χ1) is 8.56. The highest BCUT2D eigenvalue weighted by Crippen LogP contribution is 2.26. The Morgan fingerprint density at radius 3 is 2.50 bits per heavy atom. The molecule has 4 nitrogen and oxygen atoms in total. The molecule has 0 fully saturated rings. The van der Waals surface area contributed by atoms with E-state index in [-0.39, 0.29) is 6.42 Å². The second kappa shape index (κ2) is 5.25. The topological polar surface area (TPSA) is 82.2 Å². The SMILES string of the molecule is NC(=O)CC(N)c1ccc(-c2ccc(Cl)cc2)o1. The first-order valence-electron chi connectivity index (χ1n) is 5.46. The highest BCUT2D eigenvalue weighted by molar-refractivity contribution is 6.30. The maximum absolute atomic E-state index is 10.8. The molecular weight excluding hydrogens is 252 g/mol. The van der Waals surface area contributed by atoms with Crippen LogP contribution in [0.5, 0.6) is 0 Å². The number of halogens is 1. The molecular formula is C13H13ClN2O2. The summed E-state index contributed by atoms with van der Waals surface area (Å²) >= 11 is 5.81. The van der Waals surface area contributed by atoms with Crippen molar-refractivity contribution in [2.24, 2.45) is 11.5 Å². The van der Waals surface area contributed by atoms with Gasteiger partial charge >= 0.3 is 0 Å². The van der Waals surface area contributed by atoms with Crippen LogP contribution in [0, 0.1) is 0 Å². The van der Waals surface area contributed by atoms with E-state index < -0.39 is 11.9 Å². The minimum atomic E-state index is -0.511. The maximum atomic E-state index is 10.8. The lowest BCUT2D eigenvalue weighted by Crippen LogP contribution is -2.20. The van der Waals surface area contributed by atoms with Crippen molar-refractivity contribution in [2.75, 3.05) is 0 Å². The van der Waals surface area contributed by atoms with Gasteiger partial charge in [0.15, 0.2) is 0 Å². The van der Waals surface area contributed by atoms with Crippen LogP contribution < -0.4 is 11.5 Å². The molecule has 1 heterocycles. The van der Waals surface area contributed by atoms with Crippen molar-refractivity contribution in [3.05, 3.63) is 47.2 Å². The van der Waals surface area contributed by atoms with Crippen molar-refractivity contribution in [3.63, 3.8) is 0 Å². The van der Waals surface area contributed by atoms with E-state index in [1.165, 1.54) is 0 Å². The van der Waals surface area contributed by atoms with Gasteiger partial charge in [0.25, 0.3) is 0 Å². The Labute approximate surface area is 110 Å². The monoisotopic (exact) mass is 264 g/mol. The summed E-state index contributed by atoms with van der Waals surface area (Å²) in [5.74, 6) is 0.771. The lowest BCUT2D eigenvalue weighted by atomic mass is 10.1. The van der Waals surface area contributed by atoms with Gasteiger partial charge in [0.2, 0.25) is 5.91 Å². The normalized spacial score (nSPS) is 12.3. The fraction of sp³-hybridized carbons (Fsp3) is 0.154. The number of carbonyl (C=O) groups is 1. The minimum absolute atomic E-state index is 0.0631. The first kappa shape index (κ1) is 12.7. The van der Waals surface area contributed by atoms with Crippen LogP contribution in [0.3, 0.4) is 0 Å². The van der Waals surface area contributed by atoms with Crippen molar-refractivity contribution >= 4 is 17.5 Å². The van der Waals surface area contributed by atoms with Gasteiger partial charge in [-0.2, -0.15) is 0 Å². The summed E-state index contributed by atoms with van der Waals surface area (Å²) in [6.07, 6.45) is 0.0631. The third-order valence-electron chi connectivity index (χ3n) is 2.54. The van der Waals surface area contributed by atoms with Gasteiger partial charge in [-0.25, -0.2) is 0 Å². The predicted octanol–water partition coefficient (Wildman–Crippen LogP) is 2.48. The molecule has 0 bridgehead atoms. The van der Waals surface area contributed by atoms with Crippen LogP contribution in [0.4, 0.5) is 0 Å². The second-order valence-electron chi connectivity index (χ2n) is 3.99. The van der Waals surface area contributed by atoms with Gasteiger partial charge in [-0.1, -0.05) is 11.6 Å². The standard InChI is InChI=1S/C13H13ClN2O2/c14-9-3-1-8(2-4-9)11-5-6-12(18-11)10(15)7-13(16)17/h1-6,10H,7,15H2,(H2,16,17). The van der Waals surface area contributed by atoms with Crippen LogP contribution >= 0.6 is 11.6 Å². The van der Waals surface area contributed by atoms with E-state index in [0.717, 1.165) is 5.56 Å². The summed E-state index contributed by atoms with van der Waals surface area (Å²) in [6.45, 7) is 0. The molecule has 2 rings (SSSR count). The zero-order valence-electron chi connectivity index (χ0n) is 9.60. The Bertz CT molecular complexity index is 548. The molecule has 0 aliphatic carbocycles. The Hall–Kier alpha value is -1.78. The zero-order valence-corrected chi connectivity index (χ0v) is 10.4. The third kappa shape index (κ3) is 2.91. The molecule has 0 radical (unpaired) electrons. The molecule has 1 unspecified atom stereocenters. The van der Waals surface area contributed by atoms with Crippen LogP contribution in [0.1, 0.15) is 18.2 Å². The summed E-state index contributed by atoms with van der Waals surface area (Å²) in [5.41, 5.74) is 11.8. The molecule has 0 saturated carbocycles. The van der Waals surface area contributed by atoms with Crippen molar-refractivity contribution in [2.45, 2.75) is 12.5 Å². The van der Waals surface area contributed by atoms with E-state index in [2.05, 4.69) is 0 Å². The molecule has 0 aliphatic heterocycles. The summed E-state index contributed by atoms with van der Waals surface area (Å²) < 4.78 is 5.60. The van der Waals surface area contributed by atoms with Crippen molar-refractivity contribution in [1.29, 1.82) is 0 Å². The van der Waals surface area contributed by atoms with Crippen LogP contribution in [0.25, 0.3) is 11.3 Å². The van der Waals surface area contributed by atoms with Gasteiger partial charge in [0.1, 0.15) is 11.5 Å². The second-order valence-corrected chi connectivity index (χ2v) is 4.42. The Balaban J connectivity index is 2.19. The van der Waals surface area contributed by atoms with Gasteiger partial charge in [0.05, 0.1) is 6.04 Å². The Morgan fingerprint density at radius 2 is 1.89 bits per heavy atom. The molecule has 1 aromatic heterocycles. The fourth-order valence-corrected chi connectivity index (χ4v) is 1.76. The van der Waals surface area contributed by atoms with Crippen LogP contribution in [0.15, 0.2) is 40.8 Å². The predicted molar refractivity (Wildman–Crippen MR) is 69.9 cm³/mol. The molecule has 94 valence electrons. The van der Waals surface area contributed by atoms with Crippen molar-refractivity contribution in [3.8, 4) is 11.3 Å². The van der Waals surface area contributed by atoms with Gasteiger partial charge < -0.3 is 15.9 Å². The summed E-state index contributed by atoms with van der Waals surface area (Å²) in [7, 11) is 0. The number of furan rings is 1. The Kier molecular flexibility index (Phi) is 3.69. The number of primary amides is 1. The van der Waals surface area contributed by atoms with Crippen molar-refractivity contribution in [1.82, 2.24) is 0 Å².